The molecule has 1 N–H and O–H groups in total. The third-order valence-electron chi connectivity index (χ3n) is 5.04. The molecule has 1 atom stereocenters. The van der Waals surface area contributed by atoms with Gasteiger partial charge in [0.2, 0.25) is 17.9 Å². The van der Waals surface area contributed by atoms with E-state index in [1.807, 2.05) is 36.6 Å². The molecule has 1 aromatic heterocycles. The Morgan fingerprint density at radius 2 is 2.07 bits per heavy atom. The molecule has 0 aliphatic carbocycles. The Labute approximate surface area is 183 Å². The number of aromatic nitrogens is 3. The molecule has 1 amide bonds. The number of amides is 1. The predicted molar refractivity (Wildman–Crippen MR) is 114 cm³/mol. The molecule has 0 bridgehead atoms. The smallest absolute Gasteiger partial charge is 0.325 e. The van der Waals surface area contributed by atoms with E-state index >= 15 is 0 Å². The van der Waals surface area contributed by atoms with Crippen molar-refractivity contribution in [3.63, 3.8) is 0 Å². The number of ether oxygens (including phenoxy) is 2. The van der Waals surface area contributed by atoms with Gasteiger partial charge in [0.15, 0.2) is 11.5 Å². The van der Waals surface area contributed by atoms with Crippen molar-refractivity contribution >= 4 is 39.3 Å². The number of carbonyl (C=O) groups is 1. The third kappa shape index (κ3) is 2.90. The van der Waals surface area contributed by atoms with Crippen molar-refractivity contribution in [2.45, 2.75) is 18.2 Å². The van der Waals surface area contributed by atoms with E-state index < -0.39 is 6.17 Å². The van der Waals surface area contributed by atoms with Gasteiger partial charge in [0, 0.05) is 22.1 Å². The van der Waals surface area contributed by atoms with Crippen LogP contribution in [0.3, 0.4) is 0 Å². The van der Waals surface area contributed by atoms with E-state index in [-0.39, 0.29) is 18.3 Å². The molecule has 2 aliphatic heterocycles. The van der Waals surface area contributed by atoms with Crippen molar-refractivity contribution in [1.29, 1.82) is 0 Å². The Bertz CT molecular complexity index is 1260. The molecule has 3 heterocycles. The summed E-state index contributed by atoms with van der Waals surface area (Å²) >= 11 is 4.79. The van der Waals surface area contributed by atoms with Gasteiger partial charge in [-0.1, -0.05) is 27.7 Å². The van der Waals surface area contributed by atoms with Crippen molar-refractivity contribution in [3.8, 4) is 22.8 Å². The Kier molecular flexibility index (Phi) is 4.55. The fraction of sp³-hybridized carbons (Fsp3) is 0.200. The van der Waals surface area contributed by atoms with Crippen molar-refractivity contribution in [1.82, 2.24) is 10.1 Å². The van der Waals surface area contributed by atoms with Crippen molar-refractivity contribution < 1.29 is 19.0 Å². The fourth-order valence-electron chi connectivity index (χ4n) is 3.80. The lowest BCUT2D eigenvalue weighted by atomic mass is 10.0. The summed E-state index contributed by atoms with van der Waals surface area (Å²) in [6, 6.07) is 11.0. The summed E-state index contributed by atoms with van der Waals surface area (Å²) in [5.74, 6) is 1.06. The molecule has 0 saturated carbocycles. The topological polar surface area (TPSA) is 88.4 Å². The van der Waals surface area contributed by atoms with Crippen LogP contribution < -0.4 is 24.6 Å². The van der Waals surface area contributed by atoms with Gasteiger partial charge in [0.25, 0.3) is 6.17 Å². The fourth-order valence-corrected chi connectivity index (χ4v) is 4.53. The molecule has 152 valence electrons. The largest absolute Gasteiger partial charge is 0.454 e. The molecular weight excluding hydrogens is 472 g/mol. The van der Waals surface area contributed by atoms with Gasteiger partial charge in [0.1, 0.15) is 0 Å². The van der Waals surface area contributed by atoms with Crippen LogP contribution in [0.25, 0.3) is 11.3 Å². The molecule has 3 aromatic rings. The van der Waals surface area contributed by atoms with Gasteiger partial charge >= 0.3 is 11.3 Å². The molecule has 10 heteroatoms. The minimum Gasteiger partial charge on any atom is -0.454 e. The second-order valence-corrected chi connectivity index (χ2v) is 8.50. The number of hydrogen-bond donors (Lipinski definition) is 1. The number of H-pyrrole nitrogens is 1. The summed E-state index contributed by atoms with van der Waals surface area (Å²) in [5.41, 5.74) is 2.11. The highest BCUT2D eigenvalue weighted by molar-refractivity contribution is 9.10. The number of carbonyl (C=O) groups excluding carboxylic acids is 1. The van der Waals surface area contributed by atoms with Crippen LogP contribution in [0.4, 0.5) is 5.69 Å². The van der Waals surface area contributed by atoms with E-state index in [1.54, 1.807) is 15.6 Å². The third-order valence-corrected chi connectivity index (χ3v) is 6.10. The second kappa shape index (κ2) is 7.13. The Hall–Kier alpha value is -2.85. The Morgan fingerprint density at radius 1 is 1.27 bits per heavy atom. The number of rotatable bonds is 2. The summed E-state index contributed by atoms with van der Waals surface area (Å²) in [5, 5.41) is 5.10. The number of halogens is 1. The quantitative estimate of drug-likeness (QED) is 0.441. The first-order chi connectivity index (χ1) is 14.5. The standard InChI is InChI=1S/C20H15BrN4O4S/c1-10(26)24-14-5-4-12(21)8-13(14)17-18(27)22-20(30-2)23-25(17)19(24)11-3-6-15-16(7-11)29-9-28-15/h3-8,19H,9H2,1-2H3/p+1/t19-/m1/s1. The van der Waals surface area contributed by atoms with Crippen LogP contribution in [-0.2, 0) is 4.79 Å². The monoisotopic (exact) mass is 487 g/mol. The van der Waals surface area contributed by atoms with Crippen molar-refractivity contribution in [2.24, 2.45) is 0 Å². The number of nitrogens with zero attached hydrogens (tertiary/aromatic N) is 3. The molecule has 2 aromatic carbocycles. The summed E-state index contributed by atoms with van der Waals surface area (Å²) in [6.07, 6.45) is 1.17. The number of benzene rings is 2. The van der Waals surface area contributed by atoms with Gasteiger partial charge in [-0.15, -0.1) is 0 Å². The first-order valence-electron chi connectivity index (χ1n) is 9.07. The molecule has 30 heavy (non-hydrogen) atoms. The van der Waals surface area contributed by atoms with E-state index in [0.717, 1.165) is 10.0 Å². The van der Waals surface area contributed by atoms with Gasteiger partial charge in [-0.2, -0.15) is 0 Å². The second-order valence-electron chi connectivity index (χ2n) is 6.79. The Balaban J connectivity index is 1.84. The average Bonchev–Trinajstić information content (AvgIpc) is 3.19. The Morgan fingerprint density at radius 3 is 2.83 bits per heavy atom. The SMILES string of the molecule is CSc1n[n+]2c(c(=O)[nH]1)-c1cc(Br)ccc1N(C(C)=O)[C@H]2c1ccc2c(c1)OCO2. The molecule has 0 unspecified atom stereocenters. The maximum absolute atomic E-state index is 13.1. The summed E-state index contributed by atoms with van der Waals surface area (Å²) < 4.78 is 13.4. The van der Waals surface area contributed by atoms with Crippen LogP contribution >= 0.6 is 27.7 Å². The minimum atomic E-state index is -0.658. The van der Waals surface area contributed by atoms with E-state index in [0.29, 0.717) is 33.6 Å². The van der Waals surface area contributed by atoms with E-state index in [4.69, 9.17) is 9.47 Å². The maximum Gasteiger partial charge on any atom is 0.325 e. The number of nitrogens with one attached hydrogen (secondary N) is 1. The summed E-state index contributed by atoms with van der Waals surface area (Å²) in [7, 11) is 0. The van der Waals surface area contributed by atoms with Crippen LogP contribution in [-0.4, -0.2) is 29.0 Å². The van der Waals surface area contributed by atoms with Crippen molar-refractivity contribution in [3.05, 3.63) is 56.8 Å². The molecule has 0 saturated heterocycles. The first kappa shape index (κ1) is 19.1. The normalized spacial score (nSPS) is 16.2. The molecule has 2 aliphatic rings. The zero-order valence-corrected chi connectivity index (χ0v) is 18.4. The lowest BCUT2D eigenvalue weighted by Crippen LogP contribution is -2.60. The summed E-state index contributed by atoms with van der Waals surface area (Å²) in [4.78, 5) is 30.4. The van der Waals surface area contributed by atoms with Crippen LogP contribution in [0.15, 0.2) is 50.8 Å². The van der Waals surface area contributed by atoms with Crippen LogP contribution in [0.1, 0.15) is 18.7 Å². The maximum atomic E-state index is 13.1. The number of hydrogen-bond acceptors (Lipinski definition) is 6. The molecular formula is C20H16BrN4O4S+. The number of aromatic amines is 1. The average molecular weight is 488 g/mol. The van der Waals surface area contributed by atoms with Crippen LogP contribution in [0, 0.1) is 0 Å². The number of fused-ring (bicyclic) bond motifs is 4. The number of thioether (sulfide) groups is 1. The highest BCUT2D eigenvalue weighted by atomic mass is 79.9. The highest BCUT2D eigenvalue weighted by Gasteiger charge is 2.45. The molecule has 5 rings (SSSR count). The first-order valence-corrected chi connectivity index (χ1v) is 11.1. The minimum absolute atomic E-state index is 0.148. The lowest BCUT2D eigenvalue weighted by Gasteiger charge is -2.31. The molecule has 8 nitrogen and oxygen atoms in total. The number of anilines is 1. The zero-order chi connectivity index (χ0) is 21.0. The van der Waals surface area contributed by atoms with Gasteiger partial charge in [0.05, 0.1) is 11.3 Å². The zero-order valence-electron chi connectivity index (χ0n) is 16.0. The van der Waals surface area contributed by atoms with Gasteiger partial charge in [-0.05, 0) is 47.3 Å². The molecule has 0 fully saturated rings. The van der Waals surface area contributed by atoms with E-state index in [1.165, 1.54) is 18.7 Å². The van der Waals surface area contributed by atoms with Gasteiger partial charge in [-0.25, -0.2) is 4.90 Å². The van der Waals surface area contributed by atoms with Crippen LogP contribution in [0.5, 0.6) is 11.5 Å². The van der Waals surface area contributed by atoms with E-state index in [9.17, 15) is 9.59 Å². The van der Waals surface area contributed by atoms with E-state index in [2.05, 4.69) is 26.0 Å². The molecule has 0 radical (unpaired) electrons. The van der Waals surface area contributed by atoms with Crippen molar-refractivity contribution in [2.75, 3.05) is 17.9 Å². The summed E-state index contributed by atoms with van der Waals surface area (Å²) in [6.45, 7) is 1.65. The van der Waals surface area contributed by atoms with Crippen LogP contribution in [0.2, 0.25) is 0 Å². The molecule has 0 spiro atoms. The van der Waals surface area contributed by atoms with Gasteiger partial charge < -0.3 is 9.47 Å². The predicted octanol–water partition coefficient (Wildman–Crippen LogP) is 2.85. The highest BCUT2D eigenvalue weighted by Crippen LogP contribution is 2.41. The van der Waals surface area contributed by atoms with Gasteiger partial charge in [-0.3, -0.25) is 14.6 Å². The lowest BCUT2D eigenvalue weighted by molar-refractivity contribution is -0.763.